The summed E-state index contributed by atoms with van der Waals surface area (Å²) < 4.78 is 0. The number of hydrogen-bond acceptors (Lipinski definition) is 4. The molecule has 0 heterocycles. The third-order valence-electron chi connectivity index (χ3n) is 4.56. The minimum atomic E-state index is -0.274. The lowest BCUT2D eigenvalue weighted by atomic mass is 10.0. The van der Waals surface area contributed by atoms with Crippen molar-refractivity contribution < 1.29 is 9.90 Å². The van der Waals surface area contributed by atoms with Gasteiger partial charge in [0.2, 0.25) is 0 Å². The number of aromatic hydroxyl groups is 1. The van der Waals surface area contributed by atoms with Gasteiger partial charge in [0.15, 0.2) is 0 Å². The SMILES string of the molecule is O=C(CNc1cccc2ccccc12)NN=Cc1c(O)ccc2ccccc12. The molecule has 0 radical (unpaired) electrons. The molecule has 0 aliphatic heterocycles. The molecule has 5 heteroatoms. The molecule has 0 bridgehead atoms. The number of nitrogens with zero attached hydrogens (tertiary/aromatic N) is 1. The Morgan fingerprint density at radius 1 is 0.857 bits per heavy atom. The maximum absolute atomic E-state index is 12.1. The van der Waals surface area contributed by atoms with E-state index in [2.05, 4.69) is 15.8 Å². The quantitative estimate of drug-likeness (QED) is 0.363. The van der Waals surface area contributed by atoms with E-state index < -0.39 is 0 Å². The number of carbonyl (C=O) groups excluding carboxylic acids is 1. The largest absolute Gasteiger partial charge is 0.507 e. The van der Waals surface area contributed by atoms with Crippen molar-refractivity contribution in [1.29, 1.82) is 0 Å². The van der Waals surface area contributed by atoms with Crippen molar-refractivity contribution >= 4 is 39.4 Å². The smallest absolute Gasteiger partial charge is 0.259 e. The van der Waals surface area contributed by atoms with E-state index in [9.17, 15) is 9.90 Å². The normalized spacial score (nSPS) is 11.1. The van der Waals surface area contributed by atoms with E-state index in [-0.39, 0.29) is 18.2 Å². The molecule has 0 spiro atoms. The summed E-state index contributed by atoms with van der Waals surface area (Å²) >= 11 is 0. The number of nitrogens with one attached hydrogen (secondary N) is 2. The molecule has 0 aliphatic carbocycles. The standard InChI is InChI=1S/C23H19N3O2/c27-22-13-12-17-7-1-3-9-18(17)20(22)14-25-26-23(28)15-24-21-11-5-8-16-6-2-4-10-19(16)21/h1-14,24,27H,15H2,(H,26,28). The van der Waals surface area contributed by atoms with Crippen LogP contribution in [0.2, 0.25) is 0 Å². The first-order valence-electron chi connectivity index (χ1n) is 8.96. The van der Waals surface area contributed by atoms with E-state index in [1.54, 1.807) is 6.07 Å². The second kappa shape index (κ2) is 7.80. The van der Waals surface area contributed by atoms with E-state index in [0.717, 1.165) is 27.2 Å². The number of rotatable bonds is 5. The van der Waals surface area contributed by atoms with Gasteiger partial charge >= 0.3 is 0 Å². The minimum absolute atomic E-state index is 0.0901. The van der Waals surface area contributed by atoms with Gasteiger partial charge in [-0.25, -0.2) is 5.43 Å². The predicted octanol–water partition coefficient (Wildman–Crippen LogP) is 4.26. The van der Waals surface area contributed by atoms with Crippen molar-refractivity contribution in [3.05, 3.63) is 84.4 Å². The number of fused-ring (bicyclic) bond motifs is 2. The molecule has 4 aromatic rings. The molecule has 0 aliphatic rings. The summed E-state index contributed by atoms with van der Waals surface area (Å²) in [4.78, 5) is 12.1. The van der Waals surface area contributed by atoms with Crippen molar-refractivity contribution in [2.75, 3.05) is 11.9 Å². The van der Waals surface area contributed by atoms with Crippen LogP contribution in [-0.4, -0.2) is 23.8 Å². The highest BCUT2D eigenvalue weighted by Gasteiger charge is 2.06. The van der Waals surface area contributed by atoms with E-state index >= 15 is 0 Å². The Bertz CT molecular complexity index is 1180. The predicted molar refractivity (Wildman–Crippen MR) is 114 cm³/mol. The number of carbonyl (C=O) groups is 1. The van der Waals surface area contributed by atoms with E-state index in [0.29, 0.717) is 5.56 Å². The highest BCUT2D eigenvalue weighted by Crippen LogP contribution is 2.25. The van der Waals surface area contributed by atoms with Crippen LogP contribution in [0, 0.1) is 0 Å². The summed E-state index contributed by atoms with van der Waals surface area (Å²) in [5.41, 5.74) is 3.96. The third-order valence-corrected chi connectivity index (χ3v) is 4.56. The number of phenolic OH excluding ortho intramolecular Hbond substituents is 1. The van der Waals surface area contributed by atoms with Gasteiger partial charge in [0.1, 0.15) is 5.75 Å². The zero-order valence-corrected chi connectivity index (χ0v) is 15.1. The Balaban J connectivity index is 1.43. The zero-order chi connectivity index (χ0) is 19.3. The second-order valence-corrected chi connectivity index (χ2v) is 6.39. The molecule has 0 fully saturated rings. The van der Waals surface area contributed by atoms with Gasteiger partial charge in [-0.3, -0.25) is 4.79 Å². The van der Waals surface area contributed by atoms with Crippen LogP contribution in [0.1, 0.15) is 5.56 Å². The van der Waals surface area contributed by atoms with Gasteiger partial charge in [0, 0.05) is 16.6 Å². The Morgan fingerprint density at radius 3 is 2.36 bits per heavy atom. The minimum Gasteiger partial charge on any atom is -0.507 e. The summed E-state index contributed by atoms with van der Waals surface area (Å²) in [5.74, 6) is -0.158. The fourth-order valence-corrected chi connectivity index (χ4v) is 3.18. The Hall–Kier alpha value is -3.86. The van der Waals surface area contributed by atoms with Crippen molar-refractivity contribution in [2.45, 2.75) is 0 Å². The number of benzene rings is 4. The third kappa shape index (κ3) is 3.64. The monoisotopic (exact) mass is 369 g/mol. The molecule has 28 heavy (non-hydrogen) atoms. The van der Waals surface area contributed by atoms with Gasteiger partial charge in [0.25, 0.3) is 5.91 Å². The number of phenols is 1. The van der Waals surface area contributed by atoms with Crippen LogP contribution < -0.4 is 10.7 Å². The molecular formula is C23H19N3O2. The van der Waals surface area contributed by atoms with Gasteiger partial charge in [-0.15, -0.1) is 0 Å². The van der Waals surface area contributed by atoms with Crippen molar-refractivity contribution in [2.24, 2.45) is 5.10 Å². The Labute approximate surface area is 162 Å². The fraction of sp³-hybridized carbons (Fsp3) is 0.0435. The van der Waals surface area contributed by atoms with E-state index in [1.165, 1.54) is 6.21 Å². The molecule has 0 aromatic heterocycles. The molecule has 0 saturated carbocycles. The Kier molecular flexibility index (Phi) is 4.89. The van der Waals surface area contributed by atoms with Gasteiger partial charge in [0.05, 0.1) is 12.8 Å². The first-order valence-corrected chi connectivity index (χ1v) is 8.96. The molecule has 138 valence electrons. The lowest BCUT2D eigenvalue weighted by molar-refractivity contribution is -0.119. The van der Waals surface area contributed by atoms with Crippen molar-refractivity contribution in [1.82, 2.24) is 5.43 Å². The summed E-state index contributed by atoms with van der Waals surface area (Å²) in [5, 5.41) is 21.3. The number of hydrogen-bond donors (Lipinski definition) is 3. The van der Waals surface area contributed by atoms with E-state index in [1.807, 2.05) is 72.8 Å². The number of amides is 1. The highest BCUT2D eigenvalue weighted by molar-refractivity contribution is 6.02. The van der Waals surface area contributed by atoms with Gasteiger partial charge < -0.3 is 10.4 Å². The molecule has 5 nitrogen and oxygen atoms in total. The second-order valence-electron chi connectivity index (χ2n) is 6.39. The van der Waals surface area contributed by atoms with Crippen LogP contribution in [0.5, 0.6) is 5.75 Å². The fourth-order valence-electron chi connectivity index (χ4n) is 3.18. The molecular weight excluding hydrogens is 350 g/mol. The summed E-state index contributed by atoms with van der Waals surface area (Å²) in [6, 6.07) is 25.1. The first-order chi connectivity index (χ1) is 13.7. The molecule has 4 aromatic carbocycles. The summed E-state index contributed by atoms with van der Waals surface area (Å²) in [7, 11) is 0. The van der Waals surface area contributed by atoms with Crippen molar-refractivity contribution in [3.8, 4) is 5.75 Å². The molecule has 0 unspecified atom stereocenters. The van der Waals surface area contributed by atoms with E-state index in [4.69, 9.17) is 0 Å². The van der Waals surface area contributed by atoms with Crippen LogP contribution in [0.25, 0.3) is 21.5 Å². The van der Waals surface area contributed by atoms with Crippen LogP contribution in [0.3, 0.4) is 0 Å². The van der Waals surface area contributed by atoms with Gasteiger partial charge in [-0.2, -0.15) is 5.10 Å². The maximum atomic E-state index is 12.1. The van der Waals surface area contributed by atoms with Gasteiger partial charge in [-0.1, -0.05) is 66.7 Å². The lowest BCUT2D eigenvalue weighted by Gasteiger charge is -2.09. The number of anilines is 1. The van der Waals surface area contributed by atoms with Crippen LogP contribution in [0.15, 0.2) is 84.0 Å². The molecule has 4 rings (SSSR count). The average Bonchev–Trinajstić information content (AvgIpc) is 2.74. The average molecular weight is 369 g/mol. The zero-order valence-electron chi connectivity index (χ0n) is 15.1. The highest BCUT2D eigenvalue weighted by atomic mass is 16.3. The van der Waals surface area contributed by atoms with Gasteiger partial charge in [-0.05, 0) is 28.3 Å². The Morgan fingerprint density at radius 2 is 1.54 bits per heavy atom. The van der Waals surface area contributed by atoms with Crippen molar-refractivity contribution in [3.63, 3.8) is 0 Å². The molecule has 1 amide bonds. The van der Waals surface area contributed by atoms with Crippen LogP contribution in [0.4, 0.5) is 5.69 Å². The number of hydrazone groups is 1. The molecule has 0 atom stereocenters. The van der Waals surface area contributed by atoms with Crippen LogP contribution >= 0.6 is 0 Å². The summed E-state index contributed by atoms with van der Waals surface area (Å²) in [6.07, 6.45) is 1.47. The molecule has 3 N–H and O–H groups in total. The first kappa shape index (κ1) is 17.5. The summed E-state index contributed by atoms with van der Waals surface area (Å²) in [6.45, 7) is 0.0901. The topological polar surface area (TPSA) is 73.7 Å². The van der Waals surface area contributed by atoms with Crippen LogP contribution in [-0.2, 0) is 4.79 Å². The molecule has 0 saturated heterocycles. The lowest BCUT2D eigenvalue weighted by Crippen LogP contribution is -2.25. The maximum Gasteiger partial charge on any atom is 0.259 e.